The van der Waals surface area contributed by atoms with E-state index < -0.39 is 0 Å². The van der Waals surface area contributed by atoms with E-state index in [0.29, 0.717) is 0 Å². The fraction of sp³-hybridized carbons (Fsp3) is 0.455. The van der Waals surface area contributed by atoms with Gasteiger partial charge >= 0.3 is 0 Å². The van der Waals surface area contributed by atoms with Gasteiger partial charge in [-0.15, -0.1) is 0 Å². The van der Waals surface area contributed by atoms with E-state index in [4.69, 9.17) is 5.73 Å². The molecule has 2 rings (SSSR count). The summed E-state index contributed by atoms with van der Waals surface area (Å²) in [5, 5.41) is 0. The van der Waals surface area contributed by atoms with Crippen molar-refractivity contribution in [3.8, 4) is 0 Å². The van der Waals surface area contributed by atoms with Gasteiger partial charge in [0.2, 0.25) is 0 Å². The lowest BCUT2D eigenvalue weighted by molar-refractivity contribution is 0.469. The summed E-state index contributed by atoms with van der Waals surface area (Å²) in [6.45, 7) is 0.842. The predicted octanol–water partition coefficient (Wildman–Crippen LogP) is 1.75. The molecule has 1 nitrogen and oxygen atoms in total. The molecule has 0 radical (unpaired) electrons. The first-order valence-electron chi connectivity index (χ1n) is 4.67. The highest BCUT2D eigenvalue weighted by molar-refractivity contribution is 5.29. The van der Waals surface area contributed by atoms with E-state index in [2.05, 4.69) is 24.3 Å². The van der Waals surface area contributed by atoms with Gasteiger partial charge in [-0.05, 0) is 42.9 Å². The molecule has 1 aliphatic carbocycles. The first-order valence-corrected chi connectivity index (χ1v) is 4.67. The van der Waals surface area contributed by atoms with Crippen LogP contribution in [0.1, 0.15) is 17.5 Å². The first kappa shape index (κ1) is 7.81. The van der Waals surface area contributed by atoms with Crippen molar-refractivity contribution in [2.45, 2.75) is 19.3 Å². The molecule has 2 N–H and O–H groups in total. The summed E-state index contributed by atoms with van der Waals surface area (Å²) >= 11 is 0. The van der Waals surface area contributed by atoms with Gasteiger partial charge < -0.3 is 5.73 Å². The number of rotatable bonds is 1. The Labute approximate surface area is 73.6 Å². The van der Waals surface area contributed by atoms with Crippen LogP contribution in [-0.4, -0.2) is 6.54 Å². The van der Waals surface area contributed by atoms with Crippen molar-refractivity contribution in [1.29, 1.82) is 0 Å². The molecule has 64 valence electrons. The van der Waals surface area contributed by atoms with Gasteiger partial charge in [0.25, 0.3) is 0 Å². The van der Waals surface area contributed by atoms with Crippen LogP contribution in [0.2, 0.25) is 0 Å². The molecule has 12 heavy (non-hydrogen) atoms. The van der Waals surface area contributed by atoms with Crippen LogP contribution >= 0.6 is 0 Å². The number of fused-ring (bicyclic) bond motifs is 1. The maximum absolute atomic E-state index is 5.66. The van der Waals surface area contributed by atoms with Crippen LogP contribution in [0.3, 0.4) is 0 Å². The minimum absolute atomic E-state index is 0.722. The second kappa shape index (κ2) is 3.28. The third-order valence-electron chi connectivity index (χ3n) is 2.78. The molecular weight excluding hydrogens is 146 g/mol. The topological polar surface area (TPSA) is 26.0 Å². The van der Waals surface area contributed by atoms with Gasteiger partial charge in [-0.1, -0.05) is 24.3 Å². The van der Waals surface area contributed by atoms with Crippen molar-refractivity contribution < 1.29 is 0 Å². The van der Waals surface area contributed by atoms with Crippen LogP contribution < -0.4 is 5.73 Å². The zero-order valence-electron chi connectivity index (χ0n) is 7.29. The molecule has 1 heteroatoms. The Kier molecular flexibility index (Phi) is 2.13. The third-order valence-corrected chi connectivity index (χ3v) is 2.78. The number of benzene rings is 1. The molecule has 0 amide bonds. The standard InChI is InChI=1S/C11H15N/c12-8-9-5-6-10-3-1-2-4-11(10)7-9/h1-4,9H,5-8,12H2/t9-/m1/s1. The number of hydrogen-bond donors (Lipinski definition) is 1. The van der Waals surface area contributed by atoms with E-state index in [9.17, 15) is 0 Å². The van der Waals surface area contributed by atoms with Crippen LogP contribution in [0.15, 0.2) is 24.3 Å². The average molecular weight is 161 g/mol. The molecular formula is C11H15N. The average Bonchev–Trinajstić information content (AvgIpc) is 2.17. The van der Waals surface area contributed by atoms with Crippen molar-refractivity contribution in [1.82, 2.24) is 0 Å². The van der Waals surface area contributed by atoms with Gasteiger partial charge in [0.05, 0.1) is 0 Å². The molecule has 0 unspecified atom stereocenters. The second-order valence-corrected chi connectivity index (χ2v) is 3.61. The normalized spacial score (nSPS) is 21.9. The lowest BCUT2D eigenvalue weighted by atomic mass is 9.84. The number of aryl methyl sites for hydroxylation is 1. The quantitative estimate of drug-likeness (QED) is 0.667. The van der Waals surface area contributed by atoms with E-state index in [1.165, 1.54) is 30.4 Å². The summed E-state index contributed by atoms with van der Waals surface area (Å²) in [5.74, 6) is 0.722. The van der Waals surface area contributed by atoms with Crippen molar-refractivity contribution in [3.63, 3.8) is 0 Å². The molecule has 1 atom stereocenters. The van der Waals surface area contributed by atoms with Crippen molar-refractivity contribution in [2.24, 2.45) is 11.7 Å². The highest BCUT2D eigenvalue weighted by Crippen LogP contribution is 2.24. The Balaban J connectivity index is 2.23. The van der Waals surface area contributed by atoms with E-state index in [-0.39, 0.29) is 0 Å². The molecule has 0 heterocycles. The van der Waals surface area contributed by atoms with Crippen LogP contribution in [0.25, 0.3) is 0 Å². The summed E-state index contributed by atoms with van der Waals surface area (Å²) in [6.07, 6.45) is 3.68. The van der Waals surface area contributed by atoms with Crippen molar-refractivity contribution >= 4 is 0 Å². The van der Waals surface area contributed by atoms with Crippen LogP contribution in [0.4, 0.5) is 0 Å². The zero-order chi connectivity index (χ0) is 8.39. The van der Waals surface area contributed by atoms with E-state index in [1.807, 2.05) is 0 Å². The van der Waals surface area contributed by atoms with Gasteiger partial charge in [0.15, 0.2) is 0 Å². The minimum Gasteiger partial charge on any atom is -0.330 e. The molecule has 1 aromatic rings. The summed E-state index contributed by atoms with van der Waals surface area (Å²) in [6, 6.07) is 8.72. The Morgan fingerprint density at radius 2 is 2.00 bits per heavy atom. The first-order chi connectivity index (χ1) is 5.90. The summed E-state index contributed by atoms with van der Waals surface area (Å²) in [7, 11) is 0. The molecule has 0 aromatic heterocycles. The maximum atomic E-state index is 5.66. The predicted molar refractivity (Wildman–Crippen MR) is 51.0 cm³/mol. The Morgan fingerprint density at radius 3 is 2.75 bits per heavy atom. The second-order valence-electron chi connectivity index (χ2n) is 3.61. The number of hydrogen-bond acceptors (Lipinski definition) is 1. The van der Waals surface area contributed by atoms with Crippen molar-refractivity contribution in [2.75, 3.05) is 6.54 Å². The van der Waals surface area contributed by atoms with Gasteiger partial charge in [-0.25, -0.2) is 0 Å². The number of nitrogens with two attached hydrogens (primary N) is 1. The Morgan fingerprint density at radius 1 is 1.25 bits per heavy atom. The van der Waals surface area contributed by atoms with Crippen molar-refractivity contribution in [3.05, 3.63) is 35.4 Å². The minimum atomic E-state index is 0.722. The largest absolute Gasteiger partial charge is 0.330 e. The van der Waals surface area contributed by atoms with E-state index >= 15 is 0 Å². The summed E-state index contributed by atoms with van der Waals surface area (Å²) in [5.41, 5.74) is 8.70. The van der Waals surface area contributed by atoms with Crippen LogP contribution in [-0.2, 0) is 12.8 Å². The van der Waals surface area contributed by atoms with Crippen LogP contribution in [0, 0.1) is 5.92 Å². The van der Waals surface area contributed by atoms with Gasteiger partial charge in [0.1, 0.15) is 0 Å². The fourth-order valence-electron chi connectivity index (χ4n) is 1.97. The molecule has 0 spiro atoms. The molecule has 1 aromatic carbocycles. The SMILES string of the molecule is NC[C@@H]1CCc2ccccc2C1. The molecule has 0 saturated heterocycles. The lowest BCUT2D eigenvalue weighted by Gasteiger charge is -2.22. The van der Waals surface area contributed by atoms with Gasteiger partial charge in [-0.3, -0.25) is 0 Å². The van der Waals surface area contributed by atoms with Gasteiger partial charge in [0, 0.05) is 0 Å². The maximum Gasteiger partial charge on any atom is -0.00456 e. The fourth-order valence-corrected chi connectivity index (χ4v) is 1.97. The summed E-state index contributed by atoms with van der Waals surface area (Å²) in [4.78, 5) is 0. The lowest BCUT2D eigenvalue weighted by Crippen LogP contribution is -2.21. The third kappa shape index (κ3) is 1.37. The Bertz CT molecular complexity index is 267. The van der Waals surface area contributed by atoms with Crippen LogP contribution in [0.5, 0.6) is 0 Å². The smallest absolute Gasteiger partial charge is 0.00456 e. The zero-order valence-corrected chi connectivity index (χ0v) is 7.29. The monoisotopic (exact) mass is 161 g/mol. The molecule has 0 bridgehead atoms. The molecule has 0 aliphatic heterocycles. The summed E-state index contributed by atoms with van der Waals surface area (Å²) < 4.78 is 0. The van der Waals surface area contributed by atoms with E-state index in [1.54, 1.807) is 0 Å². The van der Waals surface area contributed by atoms with E-state index in [0.717, 1.165) is 12.5 Å². The molecule has 1 aliphatic rings. The molecule has 0 fully saturated rings. The highest BCUT2D eigenvalue weighted by Gasteiger charge is 2.15. The van der Waals surface area contributed by atoms with Gasteiger partial charge in [-0.2, -0.15) is 0 Å². The molecule has 0 saturated carbocycles. The Hall–Kier alpha value is -0.820. The highest BCUT2D eigenvalue weighted by atomic mass is 14.5.